The summed E-state index contributed by atoms with van der Waals surface area (Å²) in [6.45, 7) is 5.80. The fourth-order valence-electron chi connectivity index (χ4n) is 3.11. The summed E-state index contributed by atoms with van der Waals surface area (Å²) < 4.78 is 5.77. The zero-order valence-corrected chi connectivity index (χ0v) is 17.3. The van der Waals surface area contributed by atoms with Crippen LogP contribution in [0.4, 0.5) is 0 Å². The molecule has 28 heavy (non-hydrogen) atoms. The first kappa shape index (κ1) is 18.9. The second kappa shape index (κ2) is 7.92. The zero-order valence-electron chi connectivity index (χ0n) is 15.7. The van der Waals surface area contributed by atoms with Gasteiger partial charge in [-0.1, -0.05) is 23.9 Å². The van der Waals surface area contributed by atoms with Crippen molar-refractivity contribution < 1.29 is 14.0 Å². The highest BCUT2D eigenvalue weighted by atomic mass is 32.2. The Labute approximate surface area is 170 Å². The van der Waals surface area contributed by atoms with Crippen LogP contribution in [0.15, 0.2) is 33.2 Å². The molecule has 0 bridgehead atoms. The Hall–Kier alpha value is -2.39. The molecular weight excluding hydrogens is 396 g/mol. The number of hydrogen-bond acceptors (Lipinski definition) is 7. The van der Waals surface area contributed by atoms with Crippen molar-refractivity contribution in [3.63, 3.8) is 0 Å². The number of carbonyl (C=O) groups excluding carboxylic acids is 2. The molecule has 0 spiro atoms. The molecule has 7 nitrogen and oxygen atoms in total. The van der Waals surface area contributed by atoms with Gasteiger partial charge in [-0.25, -0.2) is 9.97 Å². The van der Waals surface area contributed by atoms with Crippen LogP contribution in [0.3, 0.4) is 0 Å². The van der Waals surface area contributed by atoms with E-state index in [9.17, 15) is 9.59 Å². The minimum absolute atomic E-state index is 0.0504. The standard InChI is InChI=1S/C19H20N4O3S2/c1-12-4-3-5-15-17(12)21-19(26-15)28-11-16-20-14(10-27-16)18(25)23-8-6-22(7-9-23)13(2)24/h3-5,10H,6-9,11H2,1-2H3. The van der Waals surface area contributed by atoms with Crippen LogP contribution in [0.2, 0.25) is 0 Å². The molecule has 0 unspecified atom stereocenters. The number of carbonyl (C=O) groups is 2. The highest BCUT2D eigenvalue weighted by Crippen LogP contribution is 2.28. The Bertz CT molecular complexity index is 1020. The van der Waals surface area contributed by atoms with Crippen molar-refractivity contribution in [3.05, 3.63) is 39.8 Å². The lowest BCUT2D eigenvalue weighted by Crippen LogP contribution is -2.50. The van der Waals surface area contributed by atoms with E-state index in [0.717, 1.165) is 21.7 Å². The van der Waals surface area contributed by atoms with Gasteiger partial charge >= 0.3 is 0 Å². The smallest absolute Gasteiger partial charge is 0.273 e. The predicted octanol–water partition coefficient (Wildman–Crippen LogP) is 3.19. The molecule has 1 saturated heterocycles. The van der Waals surface area contributed by atoms with Crippen LogP contribution in [0.1, 0.15) is 28.0 Å². The van der Waals surface area contributed by atoms with Gasteiger partial charge in [0.1, 0.15) is 16.2 Å². The Morgan fingerprint density at radius 2 is 1.93 bits per heavy atom. The Morgan fingerprint density at radius 1 is 1.18 bits per heavy atom. The van der Waals surface area contributed by atoms with Gasteiger partial charge < -0.3 is 14.2 Å². The molecule has 1 aromatic carbocycles. The van der Waals surface area contributed by atoms with Crippen LogP contribution in [-0.4, -0.2) is 57.8 Å². The molecular formula is C19H20N4O3S2. The number of aryl methyl sites for hydroxylation is 1. The van der Waals surface area contributed by atoms with Crippen molar-refractivity contribution >= 4 is 46.0 Å². The number of para-hydroxylation sites is 1. The molecule has 9 heteroatoms. The highest BCUT2D eigenvalue weighted by Gasteiger charge is 2.24. The number of thioether (sulfide) groups is 1. The average Bonchev–Trinajstić information content (AvgIpc) is 3.33. The van der Waals surface area contributed by atoms with Gasteiger partial charge in [0.2, 0.25) is 5.91 Å². The van der Waals surface area contributed by atoms with Crippen molar-refractivity contribution in [1.29, 1.82) is 0 Å². The topological polar surface area (TPSA) is 79.5 Å². The van der Waals surface area contributed by atoms with Gasteiger partial charge in [0.25, 0.3) is 11.1 Å². The minimum Gasteiger partial charge on any atom is -0.431 e. The summed E-state index contributed by atoms with van der Waals surface area (Å²) in [5, 5.41) is 3.26. The average molecular weight is 417 g/mol. The summed E-state index contributed by atoms with van der Waals surface area (Å²) in [6, 6.07) is 5.87. The first-order valence-electron chi connectivity index (χ1n) is 8.99. The normalized spacial score (nSPS) is 14.6. The van der Waals surface area contributed by atoms with E-state index >= 15 is 0 Å². The zero-order chi connectivity index (χ0) is 19.7. The van der Waals surface area contributed by atoms with E-state index in [2.05, 4.69) is 9.97 Å². The van der Waals surface area contributed by atoms with Gasteiger partial charge in [-0.15, -0.1) is 11.3 Å². The fourth-order valence-corrected chi connectivity index (χ4v) is 4.73. The number of hydrogen-bond donors (Lipinski definition) is 0. The molecule has 4 rings (SSSR count). The number of piperazine rings is 1. The van der Waals surface area contributed by atoms with Crippen LogP contribution in [-0.2, 0) is 10.5 Å². The number of aromatic nitrogens is 2. The van der Waals surface area contributed by atoms with Crippen molar-refractivity contribution in [2.24, 2.45) is 0 Å². The second-order valence-electron chi connectivity index (χ2n) is 6.61. The van der Waals surface area contributed by atoms with Gasteiger partial charge in [-0.3, -0.25) is 9.59 Å². The summed E-state index contributed by atoms with van der Waals surface area (Å²) in [6.07, 6.45) is 0. The number of fused-ring (bicyclic) bond motifs is 1. The van der Waals surface area contributed by atoms with E-state index in [1.165, 1.54) is 23.1 Å². The number of nitrogens with zero attached hydrogens (tertiary/aromatic N) is 4. The number of benzene rings is 1. The lowest BCUT2D eigenvalue weighted by molar-refractivity contribution is -0.130. The van der Waals surface area contributed by atoms with Gasteiger partial charge in [0, 0.05) is 38.5 Å². The van der Waals surface area contributed by atoms with Crippen molar-refractivity contribution in [3.8, 4) is 0 Å². The summed E-state index contributed by atoms with van der Waals surface area (Å²) in [5.41, 5.74) is 3.21. The number of rotatable bonds is 4. The van der Waals surface area contributed by atoms with E-state index in [-0.39, 0.29) is 11.8 Å². The summed E-state index contributed by atoms with van der Waals surface area (Å²) in [4.78, 5) is 36.6. The highest BCUT2D eigenvalue weighted by molar-refractivity contribution is 7.98. The minimum atomic E-state index is -0.0758. The van der Waals surface area contributed by atoms with Crippen molar-refractivity contribution in [1.82, 2.24) is 19.8 Å². The van der Waals surface area contributed by atoms with E-state index in [1.54, 1.807) is 22.1 Å². The monoisotopic (exact) mass is 416 g/mol. The van der Waals surface area contributed by atoms with Gasteiger partial charge in [-0.05, 0) is 18.6 Å². The van der Waals surface area contributed by atoms with Crippen molar-refractivity contribution in [2.45, 2.75) is 24.8 Å². The van der Waals surface area contributed by atoms with Crippen LogP contribution >= 0.6 is 23.1 Å². The third-order valence-corrected chi connectivity index (χ3v) is 6.57. The quantitative estimate of drug-likeness (QED) is 0.608. The Kier molecular flexibility index (Phi) is 5.36. The van der Waals surface area contributed by atoms with Crippen molar-refractivity contribution in [2.75, 3.05) is 26.2 Å². The van der Waals surface area contributed by atoms with E-state index in [1.807, 2.05) is 25.1 Å². The van der Waals surface area contributed by atoms with Gasteiger partial charge in [0.05, 0.1) is 5.75 Å². The molecule has 3 aromatic rings. The van der Waals surface area contributed by atoms with E-state index < -0.39 is 0 Å². The van der Waals surface area contributed by atoms with Crippen LogP contribution in [0.25, 0.3) is 11.1 Å². The second-order valence-corrected chi connectivity index (χ2v) is 8.48. The SMILES string of the molecule is CC(=O)N1CCN(C(=O)c2csc(CSc3nc4c(C)cccc4o3)n2)CC1. The molecule has 3 heterocycles. The van der Waals surface area contributed by atoms with Crippen LogP contribution in [0.5, 0.6) is 0 Å². The molecule has 0 atom stereocenters. The molecule has 1 aliphatic heterocycles. The maximum Gasteiger partial charge on any atom is 0.273 e. The summed E-state index contributed by atoms with van der Waals surface area (Å²) in [7, 11) is 0. The molecule has 2 amide bonds. The predicted molar refractivity (Wildman–Crippen MR) is 109 cm³/mol. The fraction of sp³-hybridized carbons (Fsp3) is 0.368. The van der Waals surface area contributed by atoms with Crippen LogP contribution < -0.4 is 0 Å². The maximum absolute atomic E-state index is 12.6. The molecule has 0 N–H and O–H groups in total. The number of thiazole rings is 1. The van der Waals surface area contributed by atoms with Crippen LogP contribution in [0, 0.1) is 6.92 Å². The number of amides is 2. The molecule has 0 radical (unpaired) electrons. The Morgan fingerprint density at radius 3 is 2.64 bits per heavy atom. The van der Waals surface area contributed by atoms with Gasteiger partial charge in [-0.2, -0.15) is 0 Å². The Balaban J connectivity index is 1.37. The molecule has 1 aliphatic rings. The summed E-state index contributed by atoms with van der Waals surface area (Å²) in [5.74, 6) is 0.574. The third-order valence-electron chi connectivity index (χ3n) is 4.70. The largest absolute Gasteiger partial charge is 0.431 e. The van der Waals surface area contributed by atoms with E-state index in [4.69, 9.17) is 4.42 Å². The molecule has 0 saturated carbocycles. The molecule has 2 aromatic heterocycles. The first-order chi connectivity index (χ1) is 13.5. The lowest BCUT2D eigenvalue weighted by atomic mass is 10.2. The van der Waals surface area contributed by atoms with Gasteiger partial charge in [0.15, 0.2) is 5.58 Å². The molecule has 146 valence electrons. The van der Waals surface area contributed by atoms with E-state index in [0.29, 0.717) is 42.8 Å². The number of oxazole rings is 1. The first-order valence-corrected chi connectivity index (χ1v) is 10.9. The molecule has 0 aliphatic carbocycles. The lowest BCUT2D eigenvalue weighted by Gasteiger charge is -2.33. The summed E-state index contributed by atoms with van der Waals surface area (Å²) >= 11 is 2.94. The third kappa shape index (κ3) is 3.90. The maximum atomic E-state index is 12.6. The molecule has 1 fully saturated rings.